The fraction of sp³-hybridized carbons (Fsp3) is 0.440. The molecule has 0 aromatic heterocycles. The van der Waals surface area contributed by atoms with Crippen molar-refractivity contribution in [1.29, 1.82) is 0 Å². The van der Waals surface area contributed by atoms with Crippen LogP contribution in [-0.2, 0) is 10.2 Å². The second kappa shape index (κ2) is 7.46. The van der Waals surface area contributed by atoms with E-state index in [4.69, 9.17) is 4.74 Å². The minimum Gasteiger partial charge on any atom is -0.545 e. The smallest absolute Gasteiger partial charge is 0.262 e. The van der Waals surface area contributed by atoms with Gasteiger partial charge >= 0.3 is 0 Å². The van der Waals surface area contributed by atoms with Gasteiger partial charge in [0.25, 0.3) is 5.91 Å². The molecule has 0 saturated heterocycles. The summed E-state index contributed by atoms with van der Waals surface area (Å²) in [5.41, 5.74) is 2.21. The number of carboxylic acids is 1. The number of carbonyl (C=O) groups excluding carboxylic acids is 2. The Bertz CT molecular complexity index is 930. The average molecular weight is 404 g/mol. The van der Waals surface area contributed by atoms with Crippen molar-refractivity contribution in [3.63, 3.8) is 0 Å². The Balaban J connectivity index is 1.19. The number of ether oxygens (including phenoxy) is 1. The molecule has 0 unspecified atom stereocenters. The zero-order valence-corrected chi connectivity index (χ0v) is 16.9. The van der Waals surface area contributed by atoms with E-state index in [1.807, 2.05) is 12.1 Å². The molecule has 0 heterocycles. The Morgan fingerprint density at radius 1 is 0.967 bits per heavy atom. The van der Waals surface area contributed by atoms with Crippen molar-refractivity contribution < 1.29 is 19.4 Å². The highest BCUT2D eigenvalue weighted by molar-refractivity contribution is 5.94. The Labute approximate surface area is 176 Å². The third-order valence-corrected chi connectivity index (χ3v) is 7.26. The largest absolute Gasteiger partial charge is 0.545 e. The topological polar surface area (TPSA) is 78.5 Å². The van der Waals surface area contributed by atoms with Crippen LogP contribution in [0.15, 0.2) is 48.5 Å². The molecule has 156 valence electrons. The number of hydrogen-bond acceptors (Lipinski definition) is 4. The molecule has 6 rings (SSSR count). The van der Waals surface area contributed by atoms with Gasteiger partial charge < -0.3 is 20.0 Å². The van der Waals surface area contributed by atoms with E-state index in [9.17, 15) is 14.7 Å². The van der Waals surface area contributed by atoms with E-state index in [-0.39, 0.29) is 18.1 Å². The van der Waals surface area contributed by atoms with E-state index >= 15 is 0 Å². The summed E-state index contributed by atoms with van der Waals surface area (Å²) in [5, 5.41) is 13.6. The van der Waals surface area contributed by atoms with E-state index in [0.717, 1.165) is 17.8 Å². The molecule has 0 spiro atoms. The highest BCUT2D eigenvalue weighted by Gasteiger charge is 2.51. The van der Waals surface area contributed by atoms with Crippen molar-refractivity contribution >= 4 is 17.6 Å². The van der Waals surface area contributed by atoms with Gasteiger partial charge in [0.15, 0.2) is 6.61 Å². The Morgan fingerprint density at radius 2 is 1.60 bits per heavy atom. The minimum atomic E-state index is -1.28. The quantitative estimate of drug-likeness (QED) is 0.799. The third kappa shape index (κ3) is 3.69. The summed E-state index contributed by atoms with van der Waals surface area (Å²) >= 11 is 0. The number of aromatic carboxylic acids is 1. The molecule has 5 heteroatoms. The number of hydrogen-bond donors (Lipinski definition) is 1. The van der Waals surface area contributed by atoms with Crippen molar-refractivity contribution in [1.82, 2.24) is 0 Å². The van der Waals surface area contributed by atoms with Crippen LogP contribution in [0.4, 0.5) is 5.69 Å². The monoisotopic (exact) mass is 404 g/mol. The van der Waals surface area contributed by atoms with Gasteiger partial charge in [-0.1, -0.05) is 24.3 Å². The van der Waals surface area contributed by atoms with Crippen molar-refractivity contribution in [2.24, 2.45) is 17.8 Å². The first-order valence-electron chi connectivity index (χ1n) is 10.8. The Hall–Kier alpha value is -2.82. The van der Waals surface area contributed by atoms with Gasteiger partial charge in [-0.3, -0.25) is 4.79 Å². The van der Waals surface area contributed by atoms with Crippen molar-refractivity contribution in [3.8, 4) is 5.75 Å². The lowest BCUT2D eigenvalue weighted by molar-refractivity contribution is -0.255. The van der Waals surface area contributed by atoms with Crippen molar-refractivity contribution in [2.45, 2.75) is 43.9 Å². The predicted octanol–water partition coefficient (Wildman–Crippen LogP) is 3.54. The second-order valence-corrected chi connectivity index (χ2v) is 9.43. The summed E-state index contributed by atoms with van der Waals surface area (Å²) < 4.78 is 5.65. The molecule has 30 heavy (non-hydrogen) atoms. The summed E-state index contributed by atoms with van der Waals surface area (Å²) in [6.07, 6.45) is 8.27. The highest BCUT2D eigenvalue weighted by Crippen LogP contribution is 2.60. The van der Waals surface area contributed by atoms with Crippen LogP contribution < -0.4 is 15.2 Å². The molecule has 4 bridgehead atoms. The molecule has 4 fully saturated rings. The number of amides is 1. The molecule has 0 atom stereocenters. The number of carbonyl (C=O) groups is 2. The number of anilines is 1. The molecule has 1 amide bonds. The minimum absolute atomic E-state index is 0.0222. The zero-order chi connectivity index (χ0) is 20.7. The van der Waals surface area contributed by atoms with Gasteiger partial charge in [-0.15, -0.1) is 0 Å². The van der Waals surface area contributed by atoms with E-state index in [1.54, 1.807) is 12.1 Å². The van der Waals surface area contributed by atoms with E-state index in [2.05, 4.69) is 17.4 Å². The van der Waals surface area contributed by atoms with Gasteiger partial charge in [0.05, 0.1) is 5.97 Å². The van der Waals surface area contributed by atoms with E-state index < -0.39 is 5.97 Å². The summed E-state index contributed by atoms with van der Waals surface area (Å²) in [6, 6.07) is 14.3. The summed E-state index contributed by atoms with van der Waals surface area (Å²) in [6.45, 7) is -0.133. The highest BCUT2D eigenvalue weighted by atomic mass is 16.5. The lowest BCUT2D eigenvalue weighted by atomic mass is 9.48. The molecule has 2 aromatic carbocycles. The molecule has 1 N–H and O–H groups in total. The molecule has 4 aliphatic rings. The predicted molar refractivity (Wildman–Crippen MR) is 111 cm³/mol. The number of rotatable bonds is 6. The summed E-state index contributed by atoms with van der Waals surface area (Å²) in [5.74, 6) is 1.78. The fourth-order valence-electron chi connectivity index (χ4n) is 6.44. The summed E-state index contributed by atoms with van der Waals surface area (Å²) in [7, 11) is 0. The summed E-state index contributed by atoms with van der Waals surface area (Å²) in [4.78, 5) is 23.1. The van der Waals surface area contributed by atoms with E-state index in [0.29, 0.717) is 16.9 Å². The maximum absolute atomic E-state index is 12.2. The van der Waals surface area contributed by atoms with Gasteiger partial charge in [-0.25, -0.2) is 0 Å². The van der Waals surface area contributed by atoms with Crippen molar-refractivity contribution in [3.05, 3.63) is 59.7 Å². The lowest BCUT2D eigenvalue weighted by Crippen LogP contribution is -2.48. The molecular formula is C25H26NO4-. The first-order chi connectivity index (χ1) is 14.5. The molecule has 5 nitrogen and oxygen atoms in total. The second-order valence-electron chi connectivity index (χ2n) is 9.43. The van der Waals surface area contributed by atoms with E-state index in [1.165, 1.54) is 56.2 Å². The molecule has 0 aliphatic heterocycles. The van der Waals surface area contributed by atoms with Crippen LogP contribution >= 0.6 is 0 Å². The van der Waals surface area contributed by atoms with Crippen LogP contribution in [0.25, 0.3) is 0 Å². The Kier molecular flexibility index (Phi) is 4.76. The molecule has 2 aromatic rings. The number of nitrogens with one attached hydrogen (secondary N) is 1. The first-order valence-corrected chi connectivity index (χ1v) is 10.8. The number of benzene rings is 2. The Morgan fingerprint density at radius 3 is 2.20 bits per heavy atom. The van der Waals surface area contributed by atoms with Gasteiger partial charge in [0.1, 0.15) is 5.75 Å². The van der Waals surface area contributed by atoms with Crippen LogP contribution in [0.5, 0.6) is 5.75 Å². The lowest BCUT2D eigenvalue weighted by Gasteiger charge is -2.57. The van der Waals surface area contributed by atoms with Crippen LogP contribution in [0.1, 0.15) is 54.4 Å². The molecular weight excluding hydrogens is 378 g/mol. The molecule has 4 saturated carbocycles. The first kappa shape index (κ1) is 19.2. The SMILES string of the molecule is O=C(COc1ccc(C23CC4CC(CC(C4)C2)C3)cc1)Nc1cccc(C(=O)[O-])c1. The van der Waals surface area contributed by atoms with Crippen molar-refractivity contribution in [2.75, 3.05) is 11.9 Å². The molecule has 4 aliphatic carbocycles. The third-order valence-electron chi connectivity index (χ3n) is 7.26. The normalized spacial score (nSPS) is 28.9. The maximum Gasteiger partial charge on any atom is 0.262 e. The van der Waals surface area contributed by atoms with Gasteiger partial charge in [-0.05, 0) is 97.1 Å². The number of carboxylic acid groups (broad SMARTS) is 1. The van der Waals surface area contributed by atoms with Crippen LogP contribution in [-0.4, -0.2) is 18.5 Å². The van der Waals surface area contributed by atoms with Crippen LogP contribution in [0.3, 0.4) is 0 Å². The van der Waals surface area contributed by atoms with Crippen LogP contribution in [0, 0.1) is 17.8 Å². The standard InChI is InChI=1S/C25H27NO4/c27-23(26-21-3-1-2-19(11-21)24(28)29)15-30-22-6-4-20(5-7-22)25-12-16-8-17(13-25)10-18(9-16)14-25/h1-7,11,16-18H,8-10,12-15H2,(H,26,27)(H,28,29)/p-1. The van der Waals surface area contributed by atoms with Gasteiger partial charge in [0.2, 0.25) is 0 Å². The average Bonchev–Trinajstić information content (AvgIpc) is 2.72. The van der Waals surface area contributed by atoms with Crippen LogP contribution in [0.2, 0.25) is 0 Å². The fourth-order valence-corrected chi connectivity index (χ4v) is 6.44. The van der Waals surface area contributed by atoms with Gasteiger partial charge in [-0.2, -0.15) is 0 Å². The maximum atomic E-state index is 12.2. The van der Waals surface area contributed by atoms with Gasteiger partial charge in [0, 0.05) is 5.69 Å². The molecule has 0 radical (unpaired) electrons. The zero-order valence-electron chi connectivity index (χ0n) is 16.9.